The number of aliphatic hydroxyl groups is 1. The number of carbonyl (C=O) groups is 13. The number of nitrogens with zero attached hydrogens (tertiary/aromatic N) is 5. The number of aromatic amines is 1. The Balaban J connectivity index is 1.32. The number of para-hydroxylation sites is 1. The van der Waals surface area contributed by atoms with Crippen LogP contribution < -0.4 is 21.3 Å². The Morgan fingerprint density at radius 2 is 1.34 bits per heavy atom. The minimum absolute atomic E-state index is 0.00170. The number of Topliss-reactive ketones (excluding diaryl/α,β-unsaturated/α-hetero) is 4. The SMILES string of the molecule is CCC(=O)[C@@H]1CSSC[C@H](NC(=O)[C@@H](CCC(=O)O)CC(=O)[C@H](Cc2c[nH]c3ccccc23)NC(=O)CN2CCN(CC(=O)O)CCN(CC(=O)O)CCN(CC(=O)O)CC2)C(=O)N2C[C@H](O)C[C@H]2C(=O)C[C@@H](Cc2ccc(O)c(Cl)c2)C(=O)NCC(=O)C[C@@H](CC(C)C)C(=O)N1. The maximum atomic E-state index is 15.2. The highest BCUT2D eigenvalue weighted by Crippen LogP contribution is 2.31. The molecule has 3 fully saturated rings. The summed E-state index contributed by atoms with van der Waals surface area (Å²) in [5.74, 6) is -15.3. The minimum Gasteiger partial charge on any atom is -0.506 e. The van der Waals surface area contributed by atoms with E-state index in [-0.39, 0.29) is 131 Å². The van der Waals surface area contributed by atoms with Crippen LogP contribution in [0.15, 0.2) is 48.7 Å². The van der Waals surface area contributed by atoms with Crippen LogP contribution in [0.1, 0.15) is 83.3 Å². The molecule has 0 unspecified atom stereocenters. The van der Waals surface area contributed by atoms with Gasteiger partial charge in [0.25, 0.3) is 0 Å². The number of carboxylic acids is 4. The first-order valence-electron chi connectivity index (χ1n) is 32.4. The van der Waals surface area contributed by atoms with Gasteiger partial charge < -0.3 is 61.8 Å². The van der Waals surface area contributed by atoms with Crippen molar-refractivity contribution < 1.29 is 93.0 Å². The van der Waals surface area contributed by atoms with Crippen LogP contribution in [-0.4, -0.2) is 270 Å². The quantitative estimate of drug-likeness (QED) is 0.0533. The lowest BCUT2D eigenvalue weighted by Crippen LogP contribution is -2.54. The molecule has 0 saturated carbocycles. The van der Waals surface area contributed by atoms with Crippen LogP contribution in [0.2, 0.25) is 5.02 Å². The van der Waals surface area contributed by atoms with Crippen molar-refractivity contribution in [2.45, 2.75) is 115 Å². The van der Waals surface area contributed by atoms with Crippen LogP contribution >= 0.6 is 33.2 Å². The van der Waals surface area contributed by atoms with E-state index < -0.39 is 177 Å². The van der Waals surface area contributed by atoms with E-state index in [1.165, 1.54) is 18.2 Å². The number of phenols is 1. The van der Waals surface area contributed by atoms with Crippen LogP contribution in [0.4, 0.5) is 0 Å². The summed E-state index contributed by atoms with van der Waals surface area (Å²) in [5, 5.41) is 72.2. The van der Waals surface area contributed by atoms with E-state index in [1.54, 1.807) is 57.0 Å². The van der Waals surface area contributed by atoms with Crippen molar-refractivity contribution in [3.05, 3.63) is 64.8 Å². The largest absolute Gasteiger partial charge is 0.506 e. The number of carbonyl (C=O) groups excluding carboxylic acids is 9. The van der Waals surface area contributed by atoms with Gasteiger partial charge in [-0.3, -0.25) is 81.9 Å². The minimum atomic E-state index is -1.59. The van der Waals surface area contributed by atoms with E-state index in [1.807, 2.05) is 13.8 Å². The molecule has 3 aliphatic rings. The van der Waals surface area contributed by atoms with Gasteiger partial charge in [0.2, 0.25) is 29.5 Å². The van der Waals surface area contributed by atoms with E-state index >= 15 is 14.4 Å². The van der Waals surface area contributed by atoms with Gasteiger partial charge in [-0.15, -0.1) is 0 Å². The number of aliphatic hydroxyl groups excluding tert-OH is 1. The Bertz CT molecular complexity index is 3290. The predicted octanol–water partition coefficient (Wildman–Crippen LogP) is 1.33. The zero-order valence-electron chi connectivity index (χ0n) is 54.6. The fourth-order valence-corrected chi connectivity index (χ4v) is 14.7. The number of phenolic OH excluding ortho intramolecular Hbond substituents is 1. The Kier molecular flexibility index (Phi) is 31.2. The fourth-order valence-electron chi connectivity index (χ4n) is 12.1. The summed E-state index contributed by atoms with van der Waals surface area (Å²) in [5.41, 5.74) is 1.67. The zero-order valence-corrected chi connectivity index (χ0v) is 57.0. The molecule has 8 atom stereocenters. The Morgan fingerprint density at radius 1 is 0.742 bits per heavy atom. The van der Waals surface area contributed by atoms with Gasteiger partial charge in [-0.1, -0.05) is 78.2 Å². The summed E-state index contributed by atoms with van der Waals surface area (Å²) in [6.07, 6.45) is -2.66. The standard InChI is InChI=1S/C65H89ClN10O19S2/c1-4-53(79)50-36-96-97-37-51(65(95)76-31-45(78)28-52(76)56(82)27-42(22-39-9-11-54(80)47(66)23-39)62(92)68-30-44(77)24-41(21-38(2)3)64(94)70-50)71-63(93)40(10-12-58(84)85)26-55(81)49(25-43-29-67-48-8-6-5-7-46(43)48)69-57(83)32-72-13-15-73(33-59(86)87)17-19-75(35-61(90)91)20-18-74(16-14-72)34-60(88)89/h5-9,11,23,29,38,40-42,45,49-52,67,78,80H,4,10,12-22,24-28,30-37H2,1-3H3,(H,68,92)(H,69,83)(H,70,94)(H,71,93)(H,84,85)(H,86,87)(H,88,89)(H,90,91)/t40-,41+,42+,45+,49-,50-,51-,52-/m0/s1. The summed E-state index contributed by atoms with van der Waals surface area (Å²) in [7, 11) is 2.06. The Morgan fingerprint density at radius 3 is 1.92 bits per heavy atom. The molecule has 3 saturated heterocycles. The number of aromatic nitrogens is 1. The van der Waals surface area contributed by atoms with Crippen molar-refractivity contribution in [1.29, 1.82) is 0 Å². The highest BCUT2D eigenvalue weighted by atomic mass is 35.5. The van der Waals surface area contributed by atoms with Gasteiger partial charge >= 0.3 is 23.9 Å². The lowest BCUT2D eigenvalue weighted by molar-refractivity contribution is -0.142. The molecule has 0 bridgehead atoms. The second kappa shape index (κ2) is 38.6. The molecule has 3 aliphatic heterocycles. The molecule has 32 heteroatoms. The number of carboxylic acid groups (broad SMARTS) is 4. The third-order valence-corrected chi connectivity index (χ3v) is 20.0. The van der Waals surface area contributed by atoms with E-state index in [0.29, 0.717) is 22.0 Å². The molecule has 532 valence electrons. The van der Waals surface area contributed by atoms with Gasteiger partial charge in [0.1, 0.15) is 11.8 Å². The molecule has 0 radical (unpaired) electrons. The van der Waals surface area contributed by atoms with Crippen LogP contribution in [0.3, 0.4) is 0 Å². The van der Waals surface area contributed by atoms with E-state index in [0.717, 1.165) is 26.5 Å². The number of H-pyrrole nitrogens is 1. The normalized spacial score (nSPS) is 22.5. The van der Waals surface area contributed by atoms with Crippen LogP contribution in [0.25, 0.3) is 10.9 Å². The first-order valence-corrected chi connectivity index (χ1v) is 35.2. The molecular weight excluding hydrogens is 1320 g/mol. The summed E-state index contributed by atoms with van der Waals surface area (Å²) in [6, 6.07) is 5.83. The number of ketones is 4. The first kappa shape index (κ1) is 78.5. The molecule has 2 aromatic carbocycles. The number of amides is 5. The average Bonchev–Trinajstić information content (AvgIpc) is 1.72. The molecule has 0 aliphatic carbocycles. The number of rotatable bonds is 25. The topological polar surface area (TPSA) is 423 Å². The number of halogens is 1. The van der Waals surface area contributed by atoms with Gasteiger partial charge in [0.05, 0.1) is 62.0 Å². The number of aromatic hydroxyl groups is 1. The number of aliphatic carboxylic acids is 4. The average molecular weight is 1410 g/mol. The highest BCUT2D eigenvalue weighted by Gasteiger charge is 2.43. The summed E-state index contributed by atoms with van der Waals surface area (Å²) in [6.45, 7) is 3.48. The molecule has 29 nitrogen and oxygen atoms in total. The third-order valence-electron chi connectivity index (χ3n) is 17.2. The summed E-state index contributed by atoms with van der Waals surface area (Å²) >= 11 is 6.25. The number of hydrogen-bond donors (Lipinski definition) is 11. The predicted molar refractivity (Wildman–Crippen MR) is 358 cm³/mol. The first-order chi connectivity index (χ1) is 46.0. The molecule has 4 heterocycles. The number of fused-ring (bicyclic) bond motifs is 2. The number of nitrogens with one attached hydrogen (secondary N) is 5. The second-order valence-corrected chi connectivity index (χ2v) is 28.3. The van der Waals surface area contributed by atoms with Gasteiger partial charge in [-0.2, -0.15) is 0 Å². The molecule has 5 amide bonds. The second-order valence-electron chi connectivity index (χ2n) is 25.3. The smallest absolute Gasteiger partial charge is 0.317 e. The van der Waals surface area contributed by atoms with E-state index in [4.69, 9.17) is 11.6 Å². The van der Waals surface area contributed by atoms with Crippen molar-refractivity contribution in [2.24, 2.45) is 23.7 Å². The molecular formula is C65H89ClN10O19S2. The van der Waals surface area contributed by atoms with Gasteiger partial charge in [-0.05, 0) is 54.5 Å². The maximum Gasteiger partial charge on any atom is 0.317 e. The lowest BCUT2D eigenvalue weighted by atomic mass is 9.89. The van der Waals surface area contributed by atoms with Crippen molar-refractivity contribution in [1.82, 2.24) is 50.8 Å². The highest BCUT2D eigenvalue weighted by molar-refractivity contribution is 8.76. The number of benzene rings is 2. The molecule has 6 rings (SSSR count). The van der Waals surface area contributed by atoms with Crippen LogP contribution in [0, 0.1) is 23.7 Å². The van der Waals surface area contributed by atoms with E-state index in [2.05, 4.69) is 26.3 Å². The molecule has 1 aromatic heterocycles. The van der Waals surface area contributed by atoms with Gasteiger partial charge in [-0.25, -0.2) is 0 Å². The zero-order chi connectivity index (χ0) is 71.0. The molecule has 0 spiro atoms. The maximum absolute atomic E-state index is 15.2. The summed E-state index contributed by atoms with van der Waals surface area (Å²) < 4.78 is 0. The van der Waals surface area contributed by atoms with Crippen molar-refractivity contribution in [2.75, 3.05) is 103 Å². The lowest BCUT2D eigenvalue weighted by Gasteiger charge is -2.33. The van der Waals surface area contributed by atoms with Gasteiger partial charge in [0.15, 0.2) is 23.1 Å². The molecule has 11 N–H and O–H groups in total. The van der Waals surface area contributed by atoms with Crippen molar-refractivity contribution in [3.8, 4) is 5.75 Å². The fraction of sp³-hybridized carbons (Fsp3) is 0.585. The van der Waals surface area contributed by atoms with Crippen molar-refractivity contribution >= 4 is 121 Å². The third kappa shape index (κ3) is 25.7. The summed E-state index contributed by atoms with van der Waals surface area (Å²) in [4.78, 5) is 188. The Labute approximate surface area is 574 Å². The van der Waals surface area contributed by atoms with Crippen LogP contribution in [0.5, 0.6) is 5.75 Å². The molecule has 3 aromatic rings. The van der Waals surface area contributed by atoms with Gasteiger partial charge in [0, 0.05) is 150 Å². The Hall–Kier alpha value is -7.52. The van der Waals surface area contributed by atoms with Crippen molar-refractivity contribution in [3.63, 3.8) is 0 Å². The monoisotopic (exact) mass is 1410 g/mol. The molecule has 97 heavy (non-hydrogen) atoms. The number of hydrogen-bond acceptors (Lipinski definition) is 21. The van der Waals surface area contributed by atoms with Crippen LogP contribution in [-0.2, 0) is 75.2 Å². The van der Waals surface area contributed by atoms with E-state index in [9.17, 15) is 78.6 Å².